The maximum Gasteiger partial charge on any atom is 0.0935 e. The fourth-order valence-electron chi connectivity index (χ4n) is 0.404. The van der Waals surface area contributed by atoms with Gasteiger partial charge in [0, 0.05) is 29.2 Å². The third-order valence-electron chi connectivity index (χ3n) is 0.828. The summed E-state index contributed by atoms with van der Waals surface area (Å²) in [5, 5.41) is 16.4. The molecule has 2 radical (unpaired) electrons. The fraction of sp³-hybridized carbons (Fsp3) is 0.125. The Labute approximate surface area is 87.6 Å². The van der Waals surface area contributed by atoms with Gasteiger partial charge in [-0.1, -0.05) is 0 Å². The number of hydrogen-bond acceptors (Lipinski definition) is 4. The number of aliphatic hydroxyl groups excluding tert-OH is 2. The van der Waals surface area contributed by atoms with Crippen LogP contribution in [0.15, 0.2) is 34.7 Å². The van der Waals surface area contributed by atoms with E-state index in [2.05, 4.69) is 9.98 Å². The van der Waals surface area contributed by atoms with Crippen molar-refractivity contribution in [3.05, 3.63) is 31.2 Å². The first-order valence-electron chi connectivity index (χ1n) is 3.35. The summed E-state index contributed by atoms with van der Waals surface area (Å²) >= 11 is 0. The molecule has 4 nitrogen and oxygen atoms in total. The molecule has 0 aromatic heterocycles. The van der Waals surface area contributed by atoms with Gasteiger partial charge in [-0.15, -0.1) is 0 Å². The van der Waals surface area contributed by atoms with E-state index in [1.54, 1.807) is 6.54 Å². The van der Waals surface area contributed by atoms with Crippen LogP contribution in [0, 0.1) is 6.54 Å². The van der Waals surface area contributed by atoms with Gasteiger partial charge in [0.15, 0.2) is 0 Å². The van der Waals surface area contributed by atoms with Crippen LogP contribution in [0.4, 0.5) is 0 Å². The van der Waals surface area contributed by atoms with Gasteiger partial charge in [-0.3, -0.25) is 9.98 Å². The zero-order chi connectivity index (χ0) is 9.07. The summed E-state index contributed by atoms with van der Waals surface area (Å²) in [5.74, 6) is 0. The molecule has 0 bridgehead atoms. The van der Waals surface area contributed by atoms with E-state index in [1.165, 1.54) is 24.6 Å². The number of nitrogens with zero attached hydrogens (tertiary/aromatic N) is 2. The van der Waals surface area contributed by atoms with Crippen LogP contribution in [0.2, 0.25) is 0 Å². The monoisotopic (exact) mass is 226 g/mol. The van der Waals surface area contributed by atoms with E-state index in [4.69, 9.17) is 10.2 Å². The number of aliphatic hydroxyl groups is 2. The number of aliphatic imine (C=N–C) groups is 2. The van der Waals surface area contributed by atoms with E-state index < -0.39 is 0 Å². The van der Waals surface area contributed by atoms with Gasteiger partial charge in [0.2, 0.25) is 0 Å². The average Bonchev–Trinajstić information content (AvgIpc) is 2.10. The molecule has 0 aliphatic heterocycles. The topological polar surface area (TPSA) is 65.2 Å². The maximum absolute atomic E-state index is 8.19. The molecule has 13 heavy (non-hydrogen) atoms. The van der Waals surface area contributed by atoms with Crippen molar-refractivity contribution in [1.82, 2.24) is 0 Å². The first-order chi connectivity index (χ1) is 5.91. The van der Waals surface area contributed by atoms with Crippen LogP contribution in [0.25, 0.3) is 0 Å². The first-order valence-corrected chi connectivity index (χ1v) is 3.35. The van der Waals surface area contributed by atoms with Gasteiger partial charge < -0.3 is 10.2 Å². The van der Waals surface area contributed by atoms with Gasteiger partial charge >= 0.3 is 0 Å². The van der Waals surface area contributed by atoms with Crippen molar-refractivity contribution in [3.63, 3.8) is 0 Å². The van der Waals surface area contributed by atoms with E-state index in [1.807, 2.05) is 0 Å². The Balaban J connectivity index is 0. The summed E-state index contributed by atoms with van der Waals surface area (Å²) < 4.78 is 0. The van der Waals surface area contributed by atoms with E-state index in [9.17, 15) is 0 Å². The Morgan fingerprint density at radius 3 is 2.23 bits per heavy atom. The molecule has 2 N–H and O–H groups in total. The van der Waals surface area contributed by atoms with Gasteiger partial charge in [-0.2, -0.15) is 0 Å². The number of allylic oxidation sites excluding steroid dienone is 2. The second-order valence-corrected chi connectivity index (χ2v) is 1.68. The third kappa shape index (κ3) is 13.9. The molecule has 0 rings (SSSR count). The Hall–Kier alpha value is -1.07. The summed E-state index contributed by atoms with van der Waals surface area (Å²) in [6.45, 7) is 2.02. The largest absolute Gasteiger partial charge is 0.516 e. The van der Waals surface area contributed by atoms with Gasteiger partial charge in [0.05, 0.1) is 25.6 Å². The maximum atomic E-state index is 8.19. The molecule has 0 aliphatic carbocycles. The fourth-order valence-corrected chi connectivity index (χ4v) is 0.404. The van der Waals surface area contributed by atoms with Gasteiger partial charge in [0.25, 0.3) is 0 Å². The molecule has 0 aromatic rings. The van der Waals surface area contributed by atoms with Crippen LogP contribution < -0.4 is 0 Å². The minimum atomic E-state index is 0. The molecule has 0 aliphatic rings. The second-order valence-electron chi connectivity index (χ2n) is 1.68. The zero-order valence-electron chi connectivity index (χ0n) is 6.87. The molecule has 0 saturated heterocycles. The second kappa shape index (κ2) is 13.5. The molecule has 74 valence electrons. The Morgan fingerprint density at radius 2 is 1.62 bits per heavy atom. The number of hydrogen-bond donors (Lipinski definition) is 2. The van der Waals surface area contributed by atoms with Crippen LogP contribution >= 0.6 is 0 Å². The van der Waals surface area contributed by atoms with E-state index in [-0.39, 0.29) is 16.8 Å². The Morgan fingerprint density at radius 1 is 1.00 bits per heavy atom. The zero-order valence-corrected chi connectivity index (χ0v) is 7.91. The molecule has 0 saturated carbocycles. The predicted octanol–water partition coefficient (Wildman–Crippen LogP) is 1.43. The van der Waals surface area contributed by atoms with Crippen molar-refractivity contribution >= 4 is 12.4 Å². The molecule has 0 amide bonds. The van der Waals surface area contributed by atoms with Gasteiger partial charge in [-0.05, 0) is 12.2 Å². The van der Waals surface area contributed by atoms with Crippen LogP contribution in [0.5, 0.6) is 0 Å². The van der Waals surface area contributed by atoms with Gasteiger partial charge in [-0.25, -0.2) is 0 Å². The van der Waals surface area contributed by atoms with Crippen molar-refractivity contribution in [2.75, 3.05) is 6.54 Å². The quantitative estimate of drug-likeness (QED) is 0.423. The third-order valence-corrected chi connectivity index (χ3v) is 0.828. The normalized spacial score (nSPS) is 12.0. The average molecular weight is 226 g/mol. The van der Waals surface area contributed by atoms with Crippen molar-refractivity contribution in [3.8, 4) is 0 Å². The molecule has 0 atom stereocenters. The number of rotatable bonds is 5. The molecule has 0 fully saturated rings. The minimum Gasteiger partial charge on any atom is -0.516 e. The molecule has 5 heteroatoms. The van der Waals surface area contributed by atoms with Crippen LogP contribution in [0.3, 0.4) is 0 Å². The summed E-state index contributed by atoms with van der Waals surface area (Å²) in [6.07, 6.45) is 7.51. The Bertz CT molecular complexity index is 178. The van der Waals surface area contributed by atoms with Crippen LogP contribution in [-0.2, 0) is 16.8 Å². The van der Waals surface area contributed by atoms with Gasteiger partial charge in [0.1, 0.15) is 0 Å². The minimum absolute atomic E-state index is 0. The first kappa shape index (κ1) is 14.5. The van der Waals surface area contributed by atoms with Crippen LogP contribution in [-0.4, -0.2) is 29.2 Å². The van der Waals surface area contributed by atoms with Crippen molar-refractivity contribution in [1.29, 1.82) is 0 Å². The summed E-state index contributed by atoms with van der Waals surface area (Å²) in [5.41, 5.74) is 0. The van der Waals surface area contributed by atoms with Crippen molar-refractivity contribution in [2.45, 2.75) is 0 Å². The Kier molecular flexibility index (Phi) is 15.0. The molecule has 0 spiro atoms. The predicted molar refractivity (Wildman–Crippen MR) is 49.7 cm³/mol. The van der Waals surface area contributed by atoms with Crippen LogP contribution in [0.1, 0.15) is 0 Å². The molecular formula is C8H11CoN2O2. The van der Waals surface area contributed by atoms with E-state index in [0.29, 0.717) is 6.54 Å². The molecule has 0 unspecified atom stereocenters. The van der Waals surface area contributed by atoms with Crippen molar-refractivity contribution in [2.24, 2.45) is 9.98 Å². The van der Waals surface area contributed by atoms with E-state index in [0.717, 1.165) is 12.5 Å². The smallest absolute Gasteiger partial charge is 0.0935 e. The summed E-state index contributed by atoms with van der Waals surface area (Å²) in [7, 11) is 0. The SMILES string of the molecule is O/C=C\C=N[CH]CN=C/C=C\O.[Co]. The standard InChI is InChI=1S/C8H11N2O2.Co/c11-7-1-3-9-5-6-10-4-2-8-12;/h1-5,7-8,11-12H,6H2;/b7-1-,8-2-,9-3?,10-4?;. The molecular weight excluding hydrogens is 215 g/mol. The summed E-state index contributed by atoms with van der Waals surface area (Å²) in [4.78, 5) is 7.59. The molecule has 0 heterocycles. The van der Waals surface area contributed by atoms with Crippen molar-refractivity contribution < 1.29 is 27.0 Å². The van der Waals surface area contributed by atoms with E-state index >= 15 is 0 Å². The summed E-state index contributed by atoms with van der Waals surface area (Å²) in [6, 6.07) is 0. The molecule has 0 aromatic carbocycles.